The summed E-state index contributed by atoms with van der Waals surface area (Å²) in [5.74, 6) is 0.902. The SMILES string of the molecule is CCCOc1ccc(-c2csc(NC(=O)C3CCN(C(=O)CCc4ccccc4)CC3)n2)cc1. The predicted molar refractivity (Wildman–Crippen MR) is 136 cm³/mol. The van der Waals surface area contributed by atoms with Gasteiger partial charge in [-0.15, -0.1) is 11.3 Å². The Labute approximate surface area is 205 Å². The Balaban J connectivity index is 1.23. The fraction of sp³-hybridized carbons (Fsp3) is 0.370. The molecule has 0 saturated carbocycles. The van der Waals surface area contributed by atoms with E-state index in [1.165, 1.54) is 16.9 Å². The zero-order valence-corrected chi connectivity index (χ0v) is 20.4. The van der Waals surface area contributed by atoms with Gasteiger partial charge in [0.2, 0.25) is 11.8 Å². The molecule has 2 heterocycles. The molecule has 0 radical (unpaired) electrons. The number of carbonyl (C=O) groups is 2. The summed E-state index contributed by atoms with van der Waals surface area (Å²) in [5, 5.41) is 5.53. The number of thiazole rings is 1. The molecule has 0 aliphatic carbocycles. The number of hydrogen-bond donors (Lipinski definition) is 1. The first-order chi connectivity index (χ1) is 16.6. The number of nitrogens with zero attached hydrogens (tertiary/aromatic N) is 2. The minimum Gasteiger partial charge on any atom is -0.494 e. The van der Waals surface area contributed by atoms with E-state index in [1.807, 2.05) is 64.9 Å². The highest BCUT2D eigenvalue weighted by atomic mass is 32.1. The van der Waals surface area contributed by atoms with E-state index in [1.54, 1.807) is 0 Å². The Morgan fingerprint density at radius 3 is 2.53 bits per heavy atom. The van der Waals surface area contributed by atoms with Gasteiger partial charge in [-0.2, -0.15) is 0 Å². The Kier molecular flexibility index (Phi) is 8.31. The molecule has 7 heteroatoms. The second kappa shape index (κ2) is 11.8. The lowest BCUT2D eigenvalue weighted by Crippen LogP contribution is -2.41. The minimum absolute atomic E-state index is 0.0133. The summed E-state index contributed by atoms with van der Waals surface area (Å²) in [6.07, 6.45) is 3.59. The van der Waals surface area contributed by atoms with Crippen LogP contribution in [0.4, 0.5) is 5.13 Å². The molecule has 178 valence electrons. The molecule has 2 aromatic carbocycles. The molecule has 1 fully saturated rings. The fourth-order valence-electron chi connectivity index (χ4n) is 4.06. The summed E-state index contributed by atoms with van der Waals surface area (Å²) < 4.78 is 5.63. The van der Waals surface area contributed by atoms with Gasteiger partial charge in [-0.05, 0) is 55.5 Å². The van der Waals surface area contributed by atoms with E-state index in [-0.39, 0.29) is 17.7 Å². The number of carbonyl (C=O) groups excluding carboxylic acids is 2. The Bertz CT molecular complexity index is 1070. The van der Waals surface area contributed by atoms with Gasteiger partial charge in [-0.25, -0.2) is 4.98 Å². The highest BCUT2D eigenvalue weighted by Crippen LogP contribution is 2.28. The first kappa shape index (κ1) is 24.0. The van der Waals surface area contributed by atoms with Crippen LogP contribution in [-0.2, 0) is 16.0 Å². The first-order valence-corrected chi connectivity index (χ1v) is 12.8. The molecule has 4 rings (SSSR count). The monoisotopic (exact) mass is 477 g/mol. The van der Waals surface area contributed by atoms with Crippen LogP contribution in [0.5, 0.6) is 5.75 Å². The lowest BCUT2D eigenvalue weighted by atomic mass is 9.95. The van der Waals surface area contributed by atoms with Crippen molar-refractivity contribution in [1.29, 1.82) is 0 Å². The van der Waals surface area contributed by atoms with E-state index >= 15 is 0 Å². The maximum atomic E-state index is 12.8. The zero-order valence-electron chi connectivity index (χ0n) is 19.5. The molecular formula is C27H31N3O3S. The molecule has 1 N–H and O–H groups in total. The molecule has 1 aliphatic heterocycles. The van der Waals surface area contributed by atoms with Gasteiger partial charge in [0.25, 0.3) is 0 Å². The van der Waals surface area contributed by atoms with Crippen LogP contribution in [0.1, 0.15) is 38.2 Å². The average molecular weight is 478 g/mol. The number of piperidine rings is 1. The standard InChI is InChI=1S/C27H31N3O3S/c1-2-18-33-23-11-9-21(10-12-23)24-19-34-27(28-24)29-26(32)22-14-16-30(17-15-22)25(31)13-8-20-6-4-3-5-7-20/h3-7,9-12,19,22H,2,8,13-18H2,1H3,(H,28,29,32). The van der Waals surface area contributed by atoms with Crippen molar-refractivity contribution in [3.63, 3.8) is 0 Å². The van der Waals surface area contributed by atoms with E-state index in [0.717, 1.165) is 29.8 Å². The third-order valence-corrected chi connectivity index (χ3v) is 6.80. The minimum atomic E-state index is -0.0967. The molecule has 2 amide bonds. The lowest BCUT2D eigenvalue weighted by Gasteiger charge is -2.31. The van der Waals surface area contributed by atoms with Gasteiger partial charge in [0.1, 0.15) is 5.75 Å². The highest BCUT2D eigenvalue weighted by molar-refractivity contribution is 7.14. The number of nitrogens with one attached hydrogen (secondary N) is 1. The molecule has 0 bridgehead atoms. The Morgan fingerprint density at radius 1 is 1.09 bits per heavy atom. The number of ether oxygens (including phenoxy) is 1. The molecule has 0 atom stereocenters. The van der Waals surface area contributed by atoms with E-state index in [0.29, 0.717) is 44.1 Å². The molecule has 0 unspecified atom stereocenters. The van der Waals surface area contributed by atoms with Crippen molar-refractivity contribution in [2.24, 2.45) is 5.92 Å². The Morgan fingerprint density at radius 2 is 1.82 bits per heavy atom. The summed E-state index contributed by atoms with van der Waals surface area (Å²) in [6.45, 7) is 4.03. The van der Waals surface area contributed by atoms with Crippen LogP contribution in [0.25, 0.3) is 11.3 Å². The third-order valence-electron chi connectivity index (χ3n) is 6.05. The van der Waals surface area contributed by atoms with Gasteiger partial charge < -0.3 is 15.0 Å². The van der Waals surface area contributed by atoms with Crippen LogP contribution in [0, 0.1) is 5.92 Å². The maximum absolute atomic E-state index is 12.8. The summed E-state index contributed by atoms with van der Waals surface area (Å²) >= 11 is 1.43. The summed E-state index contributed by atoms with van der Waals surface area (Å²) in [5.41, 5.74) is 3.00. The van der Waals surface area contributed by atoms with Crippen LogP contribution in [0.3, 0.4) is 0 Å². The molecule has 6 nitrogen and oxygen atoms in total. The van der Waals surface area contributed by atoms with Crippen LogP contribution in [0.15, 0.2) is 60.0 Å². The molecular weight excluding hydrogens is 446 g/mol. The van der Waals surface area contributed by atoms with E-state index in [9.17, 15) is 9.59 Å². The molecule has 3 aromatic rings. The lowest BCUT2D eigenvalue weighted by molar-refractivity contribution is -0.134. The van der Waals surface area contributed by atoms with E-state index in [2.05, 4.69) is 17.2 Å². The Hall–Kier alpha value is -3.19. The van der Waals surface area contributed by atoms with Crippen molar-refractivity contribution in [3.05, 3.63) is 65.5 Å². The van der Waals surface area contributed by atoms with Crippen LogP contribution in [0.2, 0.25) is 0 Å². The van der Waals surface area contributed by atoms with Crippen molar-refractivity contribution in [2.75, 3.05) is 25.0 Å². The maximum Gasteiger partial charge on any atom is 0.229 e. The predicted octanol–water partition coefficient (Wildman–Crippen LogP) is 5.41. The van der Waals surface area contributed by atoms with Gasteiger partial charge in [0.05, 0.1) is 12.3 Å². The third kappa shape index (κ3) is 6.44. The van der Waals surface area contributed by atoms with E-state index < -0.39 is 0 Å². The molecule has 1 aliphatic rings. The van der Waals surface area contributed by atoms with Crippen molar-refractivity contribution in [3.8, 4) is 17.0 Å². The number of aryl methyl sites for hydroxylation is 1. The van der Waals surface area contributed by atoms with Gasteiger partial charge in [-0.1, -0.05) is 37.3 Å². The van der Waals surface area contributed by atoms with Gasteiger partial charge in [0.15, 0.2) is 5.13 Å². The van der Waals surface area contributed by atoms with Crippen molar-refractivity contribution < 1.29 is 14.3 Å². The van der Waals surface area contributed by atoms with Crippen LogP contribution >= 0.6 is 11.3 Å². The van der Waals surface area contributed by atoms with Crippen LogP contribution < -0.4 is 10.1 Å². The smallest absolute Gasteiger partial charge is 0.229 e. The molecule has 1 aromatic heterocycles. The quantitative estimate of drug-likeness (QED) is 0.447. The van der Waals surface area contributed by atoms with Gasteiger partial charge in [-0.3, -0.25) is 9.59 Å². The van der Waals surface area contributed by atoms with Crippen molar-refractivity contribution in [1.82, 2.24) is 9.88 Å². The summed E-state index contributed by atoms with van der Waals surface area (Å²) in [4.78, 5) is 31.8. The zero-order chi connectivity index (χ0) is 23.8. The number of likely N-dealkylation sites (tertiary alicyclic amines) is 1. The average Bonchev–Trinajstić information content (AvgIpc) is 3.35. The largest absolute Gasteiger partial charge is 0.494 e. The van der Waals surface area contributed by atoms with Crippen molar-refractivity contribution >= 4 is 28.3 Å². The molecule has 34 heavy (non-hydrogen) atoms. The van der Waals surface area contributed by atoms with E-state index in [4.69, 9.17) is 4.74 Å². The second-order valence-corrected chi connectivity index (χ2v) is 9.40. The highest BCUT2D eigenvalue weighted by Gasteiger charge is 2.27. The molecule has 1 saturated heterocycles. The van der Waals surface area contributed by atoms with Crippen molar-refractivity contribution in [2.45, 2.75) is 39.0 Å². The summed E-state index contributed by atoms with van der Waals surface area (Å²) in [6, 6.07) is 17.9. The number of aromatic nitrogens is 1. The number of hydrogen-bond acceptors (Lipinski definition) is 5. The summed E-state index contributed by atoms with van der Waals surface area (Å²) in [7, 11) is 0. The number of rotatable bonds is 9. The van der Waals surface area contributed by atoms with Gasteiger partial charge in [0, 0.05) is 36.4 Å². The number of amides is 2. The fourth-order valence-corrected chi connectivity index (χ4v) is 4.78. The number of anilines is 1. The normalized spacial score (nSPS) is 14.1. The topological polar surface area (TPSA) is 71.5 Å². The van der Waals surface area contributed by atoms with Crippen LogP contribution in [-0.4, -0.2) is 41.4 Å². The molecule has 0 spiro atoms. The first-order valence-electron chi connectivity index (χ1n) is 11.9. The second-order valence-electron chi connectivity index (χ2n) is 8.54. The van der Waals surface area contributed by atoms with Gasteiger partial charge >= 0.3 is 0 Å². The number of benzene rings is 2.